The van der Waals surface area contributed by atoms with Crippen molar-refractivity contribution in [1.82, 2.24) is 0 Å². The van der Waals surface area contributed by atoms with Crippen LogP contribution >= 0.6 is 0 Å². The Morgan fingerprint density at radius 2 is 1.69 bits per heavy atom. The molecule has 3 aromatic carbocycles. The van der Waals surface area contributed by atoms with Crippen LogP contribution < -0.4 is 9.47 Å². The molecule has 6 nitrogen and oxygen atoms in total. The third kappa shape index (κ3) is 7.81. The number of aryl methyl sites for hydroxylation is 1. The number of halogens is 2. The molecule has 0 radical (unpaired) electrons. The maximum atomic E-state index is 14.4. The molecule has 0 aromatic heterocycles. The van der Waals surface area contributed by atoms with E-state index in [-0.39, 0.29) is 44.0 Å². The van der Waals surface area contributed by atoms with Crippen LogP contribution in [0.3, 0.4) is 0 Å². The second kappa shape index (κ2) is 13.1. The van der Waals surface area contributed by atoms with E-state index >= 15 is 0 Å². The Labute approximate surface area is 203 Å². The highest BCUT2D eigenvalue weighted by Gasteiger charge is 2.13. The Balaban J connectivity index is 1.55. The Hall–Kier alpha value is -3.94. The van der Waals surface area contributed by atoms with E-state index in [2.05, 4.69) is 5.16 Å². The number of carbonyl (C=O) groups excluding carboxylic acids is 1. The first-order chi connectivity index (χ1) is 17.0. The molecule has 0 heterocycles. The second-order valence-corrected chi connectivity index (χ2v) is 7.49. The van der Waals surface area contributed by atoms with Gasteiger partial charge in [0, 0.05) is 18.1 Å². The molecule has 0 amide bonds. The Bertz CT molecular complexity index is 1130. The maximum Gasteiger partial charge on any atom is 0.306 e. The summed E-state index contributed by atoms with van der Waals surface area (Å²) in [6.45, 7) is 2.18. The number of rotatable bonds is 12. The van der Waals surface area contributed by atoms with Gasteiger partial charge in [-0.1, -0.05) is 47.6 Å². The monoisotopic (exact) mass is 483 g/mol. The molecule has 3 rings (SSSR count). The van der Waals surface area contributed by atoms with Crippen molar-refractivity contribution < 1.29 is 32.6 Å². The van der Waals surface area contributed by atoms with Crippen LogP contribution in [0.25, 0.3) is 0 Å². The summed E-state index contributed by atoms with van der Waals surface area (Å²) in [4.78, 5) is 16.4. The third-order valence-electron chi connectivity index (χ3n) is 5.01. The van der Waals surface area contributed by atoms with Crippen LogP contribution in [0, 0.1) is 11.6 Å². The molecule has 0 saturated carbocycles. The van der Waals surface area contributed by atoms with Gasteiger partial charge < -0.3 is 19.0 Å². The number of carbonyl (C=O) groups is 1. The van der Waals surface area contributed by atoms with Gasteiger partial charge in [0.25, 0.3) is 0 Å². The van der Waals surface area contributed by atoms with Crippen LogP contribution in [0.15, 0.2) is 71.9 Å². The molecular weight excluding hydrogens is 456 g/mol. The smallest absolute Gasteiger partial charge is 0.306 e. The number of esters is 1. The van der Waals surface area contributed by atoms with Crippen LogP contribution in [0.5, 0.6) is 11.5 Å². The zero-order chi connectivity index (χ0) is 25.0. The first-order valence-electron chi connectivity index (χ1n) is 11.1. The number of benzene rings is 3. The van der Waals surface area contributed by atoms with Crippen molar-refractivity contribution >= 4 is 11.7 Å². The van der Waals surface area contributed by atoms with E-state index in [0.717, 1.165) is 23.3 Å². The van der Waals surface area contributed by atoms with E-state index in [1.54, 1.807) is 31.2 Å². The van der Waals surface area contributed by atoms with Gasteiger partial charge in [0.05, 0.1) is 6.61 Å². The number of nitrogens with zero attached hydrogens (tertiary/aromatic N) is 1. The molecule has 0 atom stereocenters. The molecule has 0 aliphatic heterocycles. The Kier molecular flexibility index (Phi) is 9.59. The van der Waals surface area contributed by atoms with Crippen LogP contribution in [-0.2, 0) is 27.4 Å². The lowest BCUT2D eigenvalue weighted by atomic mass is 10.1. The van der Waals surface area contributed by atoms with E-state index in [0.29, 0.717) is 11.5 Å². The normalized spacial score (nSPS) is 11.1. The lowest BCUT2D eigenvalue weighted by molar-refractivity contribution is -0.143. The van der Waals surface area contributed by atoms with E-state index in [1.807, 2.05) is 30.3 Å². The first kappa shape index (κ1) is 25.7. The maximum absolute atomic E-state index is 14.4. The lowest BCUT2D eigenvalue weighted by Gasteiger charge is -2.11. The summed E-state index contributed by atoms with van der Waals surface area (Å²) in [6, 6.07) is 18.6. The molecule has 0 aliphatic rings. The van der Waals surface area contributed by atoms with Crippen LogP contribution in [0.4, 0.5) is 8.78 Å². The van der Waals surface area contributed by atoms with Crippen molar-refractivity contribution in [2.75, 3.05) is 20.3 Å². The Morgan fingerprint density at radius 1 is 0.943 bits per heavy atom. The molecule has 3 aromatic rings. The predicted octanol–water partition coefficient (Wildman–Crippen LogP) is 5.47. The summed E-state index contributed by atoms with van der Waals surface area (Å²) in [5, 5.41) is 4.02. The summed E-state index contributed by atoms with van der Waals surface area (Å²) < 4.78 is 44.8. The summed E-state index contributed by atoms with van der Waals surface area (Å²) >= 11 is 0. The van der Waals surface area contributed by atoms with Crippen molar-refractivity contribution in [3.8, 4) is 11.5 Å². The zero-order valence-electron chi connectivity index (χ0n) is 19.6. The molecule has 0 spiro atoms. The fraction of sp³-hybridized carbons (Fsp3) is 0.259. The number of oxime groups is 1. The van der Waals surface area contributed by atoms with Gasteiger partial charge in [0.15, 0.2) is 11.6 Å². The molecule has 0 unspecified atom stereocenters. The topological polar surface area (TPSA) is 66.4 Å². The summed E-state index contributed by atoms with van der Waals surface area (Å²) in [5.41, 5.74) is 2.37. The van der Waals surface area contributed by atoms with Crippen molar-refractivity contribution in [1.29, 1.82) is 0 Å². The molecule has 8 heteroatoms. The van der Waals surface area contributed by atoms with Gasteiger partial charge in [-0.15, -0.1) is 0 Å². The van der Waals surface area contributed by atoms with E-state index in [9.17, 15) is 13.6 Å². The lowest BCUT2D eigenvalue weighted by Crippen LogP contribution is -2.13. The fourth-order valence-corrected chi connectivity index (χ4v) is 3.24. The standard InChI is InChI=1S/C27H27F2NO5/c1-3-33-27(31)14-11-21-15-24(29)26(16-23(21)28)35-17-19-9-12-22(13-10-19)34-18-25(30-32-2)20-7-5-4-6-8-20/h4-10,12-13,15-16H,3,11,14,17-18H2,1-2H3/b30-25+. The molecule has 0 saturated heterocycles. The SMILES string of the molecule is CCOC(=O)CCc1cc(F)c(OCc2ccc(OC/C(=N\OC)c3ccccc3)cc2)cc1F. The van der Waals surface area contributed by atoms with Gasteiger partial charge in [-0.2, -0.15) is 0 Å². The van der Waals surface area contributed by atoms with Gasteiger partial charge in [-0.3, -0.25) is 4.79 Å². The van der Waals surface area contributed by atoms with Crippen molar-refractivity contribution in [3.63, 3.8) is 0 Å². The molecule has 184 valence electrons. The fourth-order valence-electron chi connectivity index (χ4n) is 3.24. The average Bonchev–Trinajstić information content (AvgIpc) is 2.87. The molecule has 0 fully saturated rings. The summed E-state index contributed by atoms with van der Waals surface area (Å²) in [5.74, 6) is -1.39. The quantitative estimate of drug-likeness (QED) is 0.194. The number of hydrogen-bond acceptors (Lipinski definition) is 6. The minimum Gasteiger partial charge on any atom is -0.487 e. The van der Waals surface area contributed by atoms with Crippen molar-refractivity contribution in [2.24, 2.45) is 5.16 Å². The van der Waals surface area contributed by atoms with Crippen molar-refractivity contribution in [3.05, 3.63) is 95.1 Å². The molecule has 35 heavy (non-hydrogen) atoms. The predicted molar refractivity (Wildman–Crippen MR) is 128 cm³/mol. The minimum atomic E-state index is -0.698. The largest absolute Gasteiger partial charge is 0.487 e. The van der Waals surface area contributed by atoms with E-state index in [1.165, 1.54) is 7.11 Å². The van der Waals surface area contributed by atoms with Crippen LogP contribution in [-0.4, -0.2) is 32.0 Å². The van der Waals surface area contributed by atoms with E-state index in [4.69, 9.17) is 19.0 Å². The highest BCUT2D eigenvalue weighted by molar-refractivity contribution is 6.01. The van der Waals surface area contributed by atoms with Gasteiger partial charge in [-0.25, -0.2) is 8.78 Å². The van der Waals surface area contributed by atoms with Crippen molar-refractivity contribution in [2.45, 2.75) is 26.4 Å². The highest BCUT2D eigenvalue weighted by Crippen LogP contribution is 2.24. The molecule has 0 aliphatic carbocycles. The second-order valence-electron chi connectivity index (χ2n) is 7.49. The van der Waals surface area contributed by atoms with E-state index < -0.39 is 17.6 Å². The summed E-state index contributed by atoms with van der Waals surface area (Å²) in [7, 11) is 1.48. The third-order valence-corrected chi connectivity index (χ3v) is 5.01. The highest BCUT2D eigenvalue weighted by atomic mass is 19.1. The minimum absolute atomic E-state index is 0.0248. The molecular formula is C27H27F2NO5. The number of ether oxygens (including phenoxy) is 3. The molecule has 0 N–H and O–H groups in total. The summed E-state index contributed by atoms with van der Waals surface area (Å²) in [6.07, 6.45) is 0.0212. The van der Waals surface area contributed by atoms with Crippen LogP contribution in [0.2, 0.25) is 0 Å². The zero-order valence-corrected chi connectivity index (χ0v) is 19.6. The Morgan fingerprint density at radius 3 is 2.37 bits per heavy atom. The van der Waals surface area contributed by atoms with Crippen LogP contribution in [0.1, 0.15) is 30.0 Å². The molecule has 0 bridgehead atoms. The van der Waals surface area contributed by atoms with Gasteiger partial charge in [0.2, 0.25) is 0 Å². The van der Waals surface area contributed by atoms with Gasteiger partial charge in [-0.05, 0) is 42.7 Å². The number of hydrogen-bond donors (Lipinski definition) is 0. The first-order valence-corrected chi connectivity index (χ1v) is 11.1. The van der Waals surface area contributed by atoms with Gasteiger partial charge in [0.1, 0.15) is 37.6 Å². The average molecular weight is 484 g/mol. The van der Waals surface area contributed by atoms with Gasteiger partial charge >= 0.3 is 5.97 Å².